The second-order valence-electron chi connectivity index (χ2n) is 6.87. The van der Waals surface area contributed by atoms with Crippen LogP contribution in [-0.4, -0.2) is 31.2 Å². The zero-order valence-corrected chi connectivity index (χ0v) is 17.3. The van der Waals surface area contributed by atoms with Gasteiger partial charge in [-0.2, -0.15) is 0 Å². The van der Waals surface area contributed by atoms with Crippen molar-refractivity contribution in [1.82, 2.24) is 9.88 Å². The summed E-state index contributed by atoms with van der Waals surface area (Å²) in [5.74, 6) is 1.46. The van der Waals surface area contributed by atoms with E-state index >= 15 is 0 Å². The van der Waals surface area contributed by atoms with Crippen molar-refractivity contribution in [3.05, 3.63) is 58.8 Å². The lowest BCUT2D eigenvalue weighted by Gasteiger charge is -2.11. The summed E-state index contributed by atoms with van der Waals surface area (Å²) in [6, 6.07) is 11.7. The van der Waals surface area contributed by atoms with Gasteiger partial charge in [-0.15, -0.1) is 0 Å². The fourth-order valence-corrected chi connectivity index (χ4v) is 3.67. The van der Waals surface area contributed by atoms with E-state index in [4.69, 9.17) is 9.47 Å². The van der Waals surface area contributed by atoms with Gasteiger partial charge in [0.05, 0.1) is 14.2 Å². The van der Waals surface area contributed by atoms with Crippen molar-refractivity contribution in [2.75, 3.05) is 20.8 Å². The van der Waals surface area contributed by atoms with Crippen LogP contribution in [0.2, 0.25) is 0 Å². The molecule has 0 fully saturated rings. The van der Waals surface area contributed by atoms with E-state index in [1.165, 1.54) is 16.8 Å². The zero-order chi connectivity index (χ0) is 20.3. The first kappa shape index (κ1) is 19.8. The Morgan fingerprint density at radius 3 is 2.54 bits per heavy atom. The number of aromatic nitrogens is 1. The number of fused-ring (bicyclic) bond motifs is 1. The van der Waals surface area contributed by atoms with E-state index in [0.717, 1.165) is 29.0 Å². The van der Waals surface area contributed by atoms with E-state index in [1.54, 1.807) is 14.2 Å². The highest BCUT2D eigenvalue weighted by Crippen LogP contribution is 2.27. The van der Waals surface area contributed by atoms with Gasteiger partial charge in [0.2, 0.25) is 0 Å². The van der Waals surface area contributed by atoms with Crippen LogP contribution < -0.4 is 14.8 Å². The second kappa shape index (κ2) is 8.38. The minimum absolute atomic E-state index is 0.0596. The van der Waals surface area contributed by atoms with Gasteiger partial charge in [-0.3, -0.25) is 4.79 Å². The Balaban J connectivity index is 1.71. The average molecular weight is 380 g/mol. The topological polar surface area (TPSA) is 52.5 Å². The number of ether oxygens (including phenoxy) is 2. The molecule has 2 aromatic carbocycles. The molecule has 0 unspecified atom stereocenters. The van der Waals surface area contributed by atoms with Crippen molar-refractivity contribution in [1.29, 1.82) is 0 Å². The van der Waals surface area contributed by atoms with Gasteiger partial charge in [0.25, 0.3) is 5.91 Å². The number of methoxy groups -OCH3 is 2. The number of aryl methyl sites for hydroxylation is 2. The fourth-order valence-electron chi connectivity index (χ4n) is 3.67. The van der Waals surface area contributed by atoms with Gasteiger partial charge in [-0.05, 0) is 62.6 Å². The van der Waals surface area contributed by atoms with Crippen LogP contribution in [0.4, 0.5) is 0 Å². The molecule has 0 aliphatic rings. The van der Waals surface area contributed by atoms with Gasteiger partial charge < -0.3 is 19.4 Å². The highest BCUT2D eigenvalue weighted by Gasteiger charge is 2.13. The van der Waals surface area contributed by atoms with Gasteiger partial charge in [0, 0.05) is 41.3 Å². The predicted octanol–water partition coefficient (Wildman–Crippen LogP) is 4.27. The van der Waals surface area contributed by atoms with Crippen LogP contribution in [0.3, 0.4) is 0 Å². The number of nitrogens with one attached hydrogen (secondary N) is 1. The number of carbonyl (C=O) groups is 1. The Kier molecular flexibility index (Phi) is 5.93. The van der Waals surface area contributed by atoms with Gasteiger partial charge in [0.15, 0.2) is 0 Å². The number of hydrogen-bond donors (Lipinski definition) is 1. The molecule has 0 radical (unpaired) electrons. The number of amides is 1. The molecule has 0 atom stereocenters. The van der Waals surface area contributed by atoms with E-state index < -0.39 is 0 Å². The summed E-state index contributed by atoms with van der Waals surface area (Å²) in [4.78, 5) is 12.6. The summed E-state index contributed by atoms with van der Waals surface area (Å²) >= 11 is 0. The summed E-state index contributed by atoms with van der Waals surface area (Å²) in [6.07, 6.45) is 0.686. The number of rotatable bonds is 7. The van der Waals surface area contributed by atoms with E-state index in [1.807, 2.05) is 36.4 Å². The van der Waals surface area contributed by atoms with Crippen LogP contribution in [-0.2, 0) is 13.0 Å². The molecule has 0 bridgehead atoms. The molecule has 0 spiro atoms. The number of benzene rings is 2. The van der Waals surface area contributed by atoms with Crippen LogP contribution in [0, 0.1) is 13.8 Å². The molecule has 1 heterocycles. The lowest BCUT2D eigenvalue weighted by molar-refractivity contribution is 0.0954. The molecule has 28 heavy (non-hydrogen) atoms. The van der Waals surface area contributed by atoms with Crippen LogP contribution in [0.25, 0.3) is 10.9 Å². The zero-order valence-electron chi connectivity index (χ0n) is 17.3. The van der Waals surface area contributed by atoms with Gasteiger partial charge >= 0.3 is 0 Å². The molecule has 0 saturated carbocycles. The standard InChI is InChI=1S/C23H28N2O3/c1-6-25-16(3)15(2)20-13-18(8-10-21(20)25)23(26)24-12-11-17-7-9-19(27-4)14-22(17)28-5/h7-10,13-14H,6,11-12H2,1-5H3,(H,24,26). The Morgan fingerprint density at radius 1 is 1.07 bits per heavy atom. The number of carbonyl (C=O) groups excluding carboxylic acids is 1. The van der Waals surface area contributed by atoms with Crippen LogP contribution in [0.1, 0.15) is 34.1 Å². The molecule has 148 valence electrons. The lowest BCUT2D eigenvalue weighted by Crippen LogP contribution is -2.25. The highest BCUT2D eigenvalue weighted by molar-refractivity contribution is 5.99. The molecule has 5 heteroatoms. The maximum Gasteiger partial charge on any atom is 0.251 e. The highest BCUT2D eigenvalue weighted by atomic mass is 16.5. The summed E-state index contributed by atoms with van der Waals surface area (Å²) in [7, 11) is 3.27. The Labute approximate surface area is 166 Å². The smallest absolute Gasteiger partial charge is 0.251 e. The lowest BCUT2D eigenvalue weighted by atomic mass is 10.1. The van der Waals surface area contributed by atoms with Crippen molar-refractivity contribution in [3.8, 4) is 11.5 Å². The molecule has 0 saturated heterocycles. The monoisotopic (exact) mass is 380 g/mol. The third-order valence-corrected chi connectivity index (χ3v) is 5.39. The minimum atomic E-state index is -0.0596. The Morgan fingerprint density at radius 2 is 1.86 bits per heavy atom. The third-order valence-electron chi connectivity index (χ3n) is 5.39. The van der Waals surface area contributed by atoms with E-state index in [9.17, 15) is 4.79 Å². The summed E-state index contributed by atoms with van der Waals surface area (Å²) < 4.78 is 12.9. The first-order valence-corrected chi connectivity index (χ1v) is 9.58. The van der Waals surface area contributed by atoms with E-state index in [2.05, 4.69) is 30.7 Å². The second-order valence-corrected chi connectivity index (χ2v) is 6.87. The SMILES string of the molecule is CCn1c(C)c(C)c2cc(C(=O)NCCc3ccc(OC)cc3OC)ccc21. The molecule has 1 amide bonds. The number of hydrogen-bond acceptors (Lipinski definition) is 3. The normalized spacial score (nSPS) is 10.9. The average Bonchev–Trinajstić information content (AvgIpc) is 2.97. The molecule has 0 aliphatic carbocycles. The molecule has 0 aliphatic heterocycles. The van der Waals surface area contributed by atoms with Crippen molar-refractivity contribution in [3.63, 3.8) is 0 Å². The molecular weight excluding hydrogens is 352 g/mol. The van der Waals surface area contributed by atoms with E-state index in [0.29, 0.717) is 18.5 Å². The quantitative estimate of drug-likeness (QED) is 0.666. The Bertz CT molecular complexity index is 1000. The van der Waals surface area contributed by atoms with Gasteiger partial charge in [-0.1, -0.05) is 6.07 Å². The third kappa shape index (κ3) is 3.70. The summed E-state index contributed by atoms with van der Waals surface area (Å²) in [6.45, 7) is 7.83. The maximum absolute atomic E-state index is 12.6. The molecule has 5 nitrogen and oxygen atoms in total. The molecule has 1 N–H and O–H groups in total. The van der Waals surface area contributed by atoms with Crippen LogP contribution in [0.5, 0.6) is 11.5 Å². The van der Waals surface area contributed by atoms with Crippen molar-refractivity contribution in [2.24, 2.45) is 0 Å². The first-order chi connectivity index (χ1) is 13.5. The molecule has 3 aromatic rings. The van der Waals surface area contributed by atoms with Crippen LogP contribution >= 0.6 is 0 Å². The minimum Gasteiger partial charge on any atom is -0.497 e. The fraction of sp³-hybridized carbons (Fsp3) is 0.348. The molecule has 3 rings (SSSR count). The van der Waals surface area contributed by atoms with Gasteiger partial charge in [0.1, 0.15) is 11.5 Å². The predicted molar refractivity (Wildman–Crippen MR) is 113 cm³/mol. The first-order valence-electron chi connectivity index (χ1n) is 9.58. The van der Waals surface area contributed by atoms with Crippen molar-refractivity contribution >= 4 is 16.8 Å². The number of nitrogens with zero attached hydrogens (tertiary/aromatic N) is 1. The van der Waals surface area contributed by atoms with Gasteiger partial charge in [-0.25, -0.2) is 0 Å². The Hall–Kier alpha value is -2.95. The largest absolute Gasteiger partial charge is 0.497 e. The molecule has 1 aromatic heterocycles. The van der Waals surface area contributed by atoms with E-state index in [-0.39, 0.29) is 5.91 Å². The molecular formula is C23H28N2O3. The van der Waals surface area contributed by atoms with Crippen molar-refractivity contribution < 1.29 is 14.3 Å². The summed E-state index contributed by atoms with van der Waals surface area (Å²) in [5.41, 5.74) is 5.38. The van der Waals surface area contributed by atoms with Crippen LogP contribution in [0.15, 0.2) is 36.4 Å². The van der Waals surface area contributed by atoms with Crippen molar-refractivity contribution in [2.45, 2.75) is 33.7 Å². The maximum atomic E-state index is 12.6. The summed E-state index contributed by atoms with van der Waals surface area (Å²) in [5, 5.41) is 4.16.